The number of rotatable bonds is 4. The Morgan fingerprint density at radius 1 is 1.33 bits per heavy atom. The van der Waals surface area contributed by atoms with E-state index in [2.05, 4.69) is 22.0 Å². The largest absolute Gasteiger partial charge is 0.468 e. The third kappa shape index (κ3) is 3.33. The second-order valence-corrected chi connectivity index (χ2v) is 7.31. The van der Waals surface area contributed by atoms with Crippen LogP contribution in [0.15, 0.2) is 33.8 Å². The normalized spacial score (nSPS) is 12.5. The molecule has 0 atom stereocenters. The molecule has 0 radical (unpaired) electrons. The molecule has 1 heterocycles. The first-order valence-electron chi connectivity index (χ1n) is 7.55. The Balaban J connectivity index is 2.09. The minimum Gasteiger partial charge on any atom is -0.468 e. The zero-order valence-corrected chi connectivity index (χ0v) is 15.5. The van der Waals surface area contributed by atoms with Crippen molar-refractivity contribution in [3.63, 3.8) is 0 Å². The number of hydrogen-bond acceptors (Lipinski definition) is 5. The van der Waals surface area contributed by atoms with Gasteiger partial charge in [0.2, 0.25) is 0 Å². The van der Waals surface area contributed by atoms with E-state index >= 15 is 0 Å². The van der Waals surface area contributed by atoms with Crippen LogP contribution in [0, 0.1) is 11.3 Å². The summed E-state index contributed by atoms with van der Waals surface area (Å²) in [5.41, 5.74) is 4.80. The molecule has 0 spiro atoms. The van der Waals surface area contributed by atoms with Gasteiger partial charge in [-0.3, -0.25) is 4.79 Å². The number of aromatic nitrogens is 1. The Kier molecular flexibility index (Phi) is 5.22. The molecule has 1 aromatic heterocycles. The SMILES string of the molecule is COC(=O)CSc1nc(-c2ccc(Br)cc2)c2c(c1C#N)CCC2. The number of halogens is 1. The van der Waals surface area contributed by atoms with Gasteiger partial charge in [-0.2, -0.15) is 5.26 Å². The zero-order valence-electron chi connectivity index (χ0n) is 13.1. The maximum Gasteiger partial charge on any atom is 0.316 e. The Morgan fingerprint density at radius 3 is 2.71 bits per heavy atom. The summed E-state index contributed by atoms with van der Waals surface area (Å²) in [6.45, 7) is 0. The molecule has 1 aliphatic carbocycles. The third-order valence-corrected chi connectivity index (χ3v) is 5.49. The van der Waals surface area contributed by atoms with E-state index in [4.69, 9.17) is 9.72 Å². The van der Waals surface area contributed by atoms with E-state index in [9.17, 15) is 10.1 Å². The van der Waals surface area contributed by atoms with Crippen LogP contribution in [0.25, 0.3) is 11.3 Å². The Bertz CT molecular complexity index is 828. The van der Waals surface area contributed by atoms with Crippen molar-refractivity contribution in [1.29, 1.82) is 5.26 Å². The van der Waals surface area contributed by atoms with E-state index in [1.807, 2.05) is 24.3 Å². The molecule has 122 valence electrons. The fourth-order valence-electron chi connectivity index (χ4n) is 2.89. The number of nitrogens with zero attached hydrogens (tertiary/aromatic N) is 2. The van der Waals surface area contributed by atoms with Crippen LogP contribution in [0.5, 0.6) is 0 Å². The van der Waals surface area contributed by atoms with Crippen LogP contribution < -0.4 is 0 Å². The number of benzene rings is 1. The molecule has 0 bridgehead atoms. The smallest absolute Gasteiger partial charge is 0.316 e. The predicted octanol–water partition coefficient (Wildman–Crippen LogP) is 4.14. The fraction of sp³-hybridized carbons (Fsp3) is 0.278. The van der Waals surface area contributed by atoms with Gasteiger partial charge in [-0.05, 0) is 42.5 Å². The summed E-state index contributed by atoms with van der Waals surface area (Å²) >= 11 is 4.71. The molecule has 3 rings (SSSR count). The van der Waals surface area contributed by atoms with Crippen LogP contribution in [0.2, 0.25) is 0 Å². The van der Waals surface area contributed by atoms with Gasteiger partial charge in [0.25, 0.3) is 0 Å². The minimum atomic E-state index is -0.323. The van der Waals surface area contributed by atoms with Crippen molar-refractivity contribution in [3.8, 4) is 17.3 Å². The van der Waals surface area contributed by atoms with Crippen molar-refractivity contribution in [1.82, 2.24) is 4.98 Å². The maximum absolute atomic E-state index is 11.5. The molecule has 6 heteroatoms. The molecule has 4 nitrogen and oxygen atoms in total. The topological polar surface area (TPSA) is 63.0 Å². The van der Waals surface area contributed by atoms with Crippen molar-refractivity contribution >= 4 is 33.7 Å². The van der Waals surface area contributed by atoms with E-state index in [0.717, 1.165) is 46.1 Å². The van der Waals surface area contributed by atoms with Gasteiger partial charge in [-0.25, -0.2) is 4.98 Å². The number of carbonyl (C=O) groups excluding carboxylic acids is 1. The lowest BCUT2D eigenvalue weighted by Crippen LogP contribution is -2.06. The van der Waals surface area contributed by atoms with Gasteiger partial charge < -0.3 is 4.74 Å². The molecule has 1 aromatic carbocycles. The number of nitriles is 1. The molecule has 0 fully saturated rings. The highest BCUT2D eigenvalue weighted by Gasteiger charge is 2.24. The summed E-state index contributed by atoms with van der Waals surface area (Å²) in [4.78, 5) is 16.2. The lowest BCUT2D eigenvalue weighted by Gasteiger charge is -2.13. The summed E-state index contributed by atoms with van der Waals surface area (Å²) in [5.74, 6) is -0.173. The van der Waals surface area contributed by atoms with Crippen LogP contribution in [-0.4, -0.2) is 23.8 Å². The predicted molar refractivity (Wildman–Crippen MR) is 96.9 cm³/mol. The van der Waals surface area contributed by atoms with Gasteiger partial charge in [-0.1, -0.05) is 39.8 Å². The van der Waals surface area contributed by atoms with Gasteiger partial charge in [0.05, 0.1) is 24.1 Å². The molecule has 0 amide bonds. The van der Waals surface area contributed by atoms with Gasteiger partial charge >= 0.3 is 5.97 Å². The van der Waals surface area contributed by atoms with Crippen LogP contribution in [0.4, 0.5) is 0 Å². The van der Waals surface area contributed by atoms with E-state index in [1.165, 1.54) is 18.9 Å². The third-order valence-electron chi connectivity index (χ3n) is 4.02. The highest BCUT2D eigenvalue weighted by molar-refractivity contribution is 9.10. The van der Waals surface area contributed by atoms with Crippen LogP contribution in [0.1, 0.15) is 23.1 Å². The molecule has 0 saturated carbocycles. The van der Waals surface area contributed by atoms with Crippen molar-refractivity contribution < 1.29 is 9.53 Å². The number of ether oxygens (including phenoxy) is 1. The van der Waals surface area contributed by atoms with Crippen molar-refractivity contribution in [2.45, 2.75) is 24.3 Å². The van der Waals surface area contributed by atoms with Crippen LogP contribution in [-0.2, 0) is 22.4 Å². The summed E-state index contributed by atoms with van der Waals surface area (Å²) < 4.78 is 5.70. The monoisotopic (exact) mass is 402 g/mol. The summed E-state index contributed by atoms with van der Waals surface area (Å²) in [6.07, 6.45) is 2.85. The minimum absolute atomic E-state index is 0.150. The molecular formula is C18H15BrN2O2S. The van der Waals surface area contributed by atoms with Crippen molar-refractivity contribution in [3.05, 3.63) is 45.4 Å². The first-order chi connectivity index (χ1) is 11.6. The van der Waals surface area contributed by atoms with Crippen LogP contribution in [0.3, 0.4) is 0 Å². The molecule has 2 aromatic rings. The Hall–Kier alpha value is -1.84. The number of fused-ring (bicyclic) bond motifs is 1. The summed E-state index contributed by atoms with van der Waals surface area (Å²) in [5, 5.41) is 10.2. The summed E-state index contributed by atoms with van der Waals surface area (Å²) in [6, 6.07) is 10.3. The van der Waals surface area contributed by atoms with Crippen molar-refractivity contribution in [2.75, 3.05) is 12.9 Å². The number of hydrogen-bond donors (Lipinski definition) is 0. The molecule has 1 aliphatic rings. The number of esters is 1. The maximum atomic E-state index is 11.5. The molecule has 0 N–H and O–H groups in total. The molecular weight excluding hydrogens is 388 g/mol. The van der Waals surface area contributed by atoms with E-state index in [0.29, 0.717) is 10.6 Å². The highest BCUT2D eigenvalue weighted by Crippen LogP contribution is 2.37. The molecule has 24 heavy (non-hydrogen) atoms. The lowest BCUT2D eigenvalue weighted by molar-refractivity contribution is -0.137. The quantitative estimate of drug-likeness (QED) is 0.567. The molecule has 0 unspecified atom stereocenters. The summed E-state index contributed by atoms with van der Waals surface area (Å²) in [7, 11) is 1.36. The van der Waals surface area contributed by atoms with Gasteiger partial charge in [0.1, 0.15) is 11.1 Å². The van der Waals surface area contributed by atoms with Crippen molar-refractivity contribution in [2.24, 2.45) is 0 Å². The highest BCUT2D eigenvalue weighted by atomic mass is 79.9. The average molecular weight is 403 g/mol. The second kappa shape index (κ2) is 7.37. The van der Waals surface area contributed by atoms with Gasteiger partial charge in [-0.15, -0.1) is 0 Å². The van der Waals surface area contributed by atoms with Crippen LogP contribution >= 0.6 is 27.7 Å². The first kappa shape index (κ1) is 17.0. The average Bonchev–Trinajstić information content (AvgIpc) is 3.08. The first-order valence-corrected chi connectivity index (χ1v) is 9.33. The standard InChI is InChI=1S/C18H15BrN2O2S/c1-23-16(22)10-24-18-15(9-20)13-3-2-4-14(13)17(21-18)11-5-7-12(19)8-6-11/h5-8H,2-4,10H2,1H3. The van der Waals surface area contributed by atoms with E-state index in [1.54, 1.807) is 0 Å². The fourth-order valence-corrected chi connectivity index (χ4v) is 3.99. The number of methoxy groups -OCH3 is 1. The van der Waals surface area contributed by atoms with Gasteiger partial charge in [0.15, 0.2) is 0 Å². The zero-order chi connectivity index (χ0) is 17.1. The Morgan fingerprint density at radius 2 is 2.04 bits per heavy atom. The number of carbonyl (C=O) groups is 1. The molecule has 0 saturated heterocycles. The van der Waals surface area contributed by atoms with E-state index in [-0.39, 0.29) is 11.7 Å². The Labute approximate surface area is 153 Å². The lowest BCUT2D eigenvalue weighted by atomic mass is 10.00. The second-order valence-electron chi connectivity index (χ2n) is 5.43. The molecule has 0 aliphatic heterocycles. The number of pyridine rings is 1. The van der Waals surface area contributed by atoms with Gasteiger partial charge in [0, 0.05) is 10.0 Å². The number of thioether (sulfide) groups is 1. The van der Waals surface area contributed by atoms with E-state index < -0.39 is 0 Å².